The van der Waals surface area contributed by atoms with Gasteiger partial charge in [-0.05, 0) is 80.0 Å². The fraction of sp³-hybridized carbons (Fsp3) is 0.367. The van der Waals surface area contributed by atoms with Crippen molar-refractivity contribution >= 4 is 52.1 Å². The Kier molecular flexibility index (Phi) is 12.9. The van der Waals surface area contributed by atoms with E-state index in [-0.39, 0.29) is 37.0 Å². The maximum atomic E-state index is 14.4. The number of thiophene rings is 1. The molecule has 0 spiro atoms. The molecule has 4 aromatic heterocycles. The molecule has 0 aliphatic carbocycles. The van der Waals surface area contributed by atoms with Crippen molar-refractivity contribution in [3.63, 3.8) is 0 Å². The number of methoxy groups -OCH3 is 1. The summed E-state index contributed by atoms with van der Waals surface area (Å²) in [5.41, 5.74) is 9.13. The van der Waals surface area contributed by atoms with E-state index < -0.39 is 47.4 Å². The molecule has 1 fully saturated rings. The number of hydrogen-bond donors (Lipinski definition) is 3. The summed E-state index contributed by atoms with van der Waals surface area (Å²) in [6, 6.07) is 16.2. The van der Waals surface area contributed by atoms with Crippen LogP contribution in [0.15, 0.2) is 77.4 Å². The van der Waals surface area contributed by atoms with Gasteiger partial charge in [-0.15, -0.1) is 32.9 Å². The first-order valence-electron chi connectivity index (χ1n) is 21.8. The van der Waals surface area contributed by atoms with E-state index in [1.165, 1.54) is 12.0 Å². The number of benzene rings is 2. The molecule has 2 aromatic carbocycles. The summed E-state index contributed by atoms with van der Waals surface area (Å²) >= 11 is 3.20. The highest BCUT2D eigenvalue weighted by Gasteiger charge is 2.45. The van der Waals surface area contributed by atoms with Crippen molar-refractivity contribution in [3.05, 3.63) is 123 Å². The minimum Gasteiger partial charge on any atom is -0.469 e. The van der Waals surface area contributed by atoms with Crippen molar-refractivity contribution in [2.75, 3.05) is 13.7 Å². The summed E-state index contributed by atoms with van der Waals surface area (Å²) in [5, 5.41) is 26.5. The van der Waals surface area contributed by atoms with E-state index in [0.717, 1.165) is 65.1 Å². The van der Waals surface area contributed by atoms with Crippen LogP contribution in [0.1, 0.15) is 108 Å². The van der Waals surface area contributed by atoms with Crippen molar-refractivity contribution in [3.8, 4) is 26.6 Å². The molecule has 6 heterocycles. The first kappa shape index (κ1) is 46.1. The second-order valence-electron chi connectivity index (χ2n) is 18.0. The van der Waals surface area contributed by atoms with Gasteiger partial charge in [0.15, 0.2) is 5.82 Å². The lowest BCUT2D eigenvalue weighted by atomic mass is 9.85. The van der Waals surface area contributed by atoms with Gasteiger partial charge < -0.3 is 25.4 Å². The molecular formula is C49H53N9O6S2. The smallest absolute Gasteiger partial charge is 0.308 e. The van der Waals surface area contributed by atoms with E-state index in [1.807, 2.05) is 100 Å². The molecule has 342 valence electrons. The van der Waals surface area contributed by atoms with Gasteiger partial charge in [0.1, 0.15) is 34.6 Å². The maximum absolute atomic E-state index is 14.4. The number of hydrogen-bond acceptors (Lipinski definition) is 13. The first-order valence-corrected chi connectivity index (χ1v) is 23.5. The number of thiazole rings is 1. The van der Waals surface area contributed by atoms with Crippen LogP contribution in [0.5, 0.6) is 0 Å². The molecule has 3 N–H and O–H groups in total. The number of fused-ring (bicyclic) bond motifs is 3. The number of carbonyl (C=O) groups is 4. The van der Waals surface area contributed by atoms with Crippen LogP contribution in [0.2, 0.25) is 0 Å². The number of aromatic nitrogens is 5. The zero-order valence-electron chi connectivity index (χ0n) is 38.4. The molecule has 1 saturated heterocycles. The fourth-order valence-corrected chi connectivity index (χ4v) is 10.6. The second-order valence-corrected chi connectivity index (χ2v) is 20.0. The van der Waals surface area contributed by atoms with E-state index in [4.69, 9.17) is 9.73 Å². The van der Waals surface area contributed by atoms with E-state index in [1.54, 1.807) is 41.0 Å². The predicted octanol–water partition coefficient (Wildman–Crippen LogP) is 7.19. The Morgan fingerprint density at radius 1 is 0.909 bits per heavy atom. The van der Waals surface area contributed by atoms with Crippen molar-refractivity contribution in [1.29, 1.82) is 0 Å². The molecular weight excluding hydrogens is 875 g/mol. The molecule has 6 aromatic rings. The number of rotatable bonds is 11. The minimum absolute atomic E-state index is 0.00719. The van der Waals surface area contributed by atoms with Crippen LogP contribution in [-0.4, -0.2) is 96.0 Å². The number of pyridine rings is 1. The number of aliphatic hydroxyl groups is 1. The third-order valence-electron chi connectivity index (χ3n) is 12.3. The van der Waals surface area contributed by atoms with E-state index in [9.17, 15) is 24.3 Å². The average molecular weight is 928 g/mol. The molecule has 3 amide bonds. The third-order valence-corrected chi connectivity index (χ3v) is 14.5. The van der Waals surface area contributed by atoms with Gasteiger partial charge in [-0.2, -0.15) is 0 Å². The summed E-state index contributed by atoms with van der Waals surface area (Å²) in [6.45, 7) is 15.3. The Hall–Kier alpha value is -6.43. The number of likely N-dealkylation sites (tertiary alicyclic amines) is 1. The number of aliphatic hydroxyl groups excluding tert-OH is 1. The van der Waals surface area contributed by atoms with E-state index in [2.05, 4.69) is 44.6 Å². The summed E-state index contributed by atoms with van der Waals surface area (Å²) < 4.78 is 7.02. The summed E-state index contributed by atoms with van der Waals surface area (Å²) in [7, 11) is 1.35. The molecule has 17 heteroatoms. The fourth-order valence-electron chi connectivity index (χ4n) is 8.54. The highest BCUT2D eigenvalue weighted by Crippen LogP contribution is 2.40. The molecule has 0 bridgehead atoms. The number of carbonyl (C=O) groups excluding carboxylic acids is 4. The van der Waals surface area contributed by atoms with Gasteiger partial charge in [0.05, 0.1) is 47.5 Å². The van der Waals surface area contributed by atoms with E-state index >= 15 is 0 Å². The first-order chi connectivity index (χ1) is 31.4. The Labute approximate surface area is 391 Å². The Bertz CT molecular complexity index is 2860. The molecule has 8 rings (SSSR count). The summed E-state index contributed by atoms with van der Waals surface area (Å²) in [5.74, 6) is -0.567. The Morgan fingerprint density at radius 2 is 1.61 bits per heavy atom. The number of aryl methyl sites for hydroxylation is 3. The largest absolute Gasteiger partial charge is 0.469 e. The maximum Gasteiger partial charge on any atom is 0.308 e. The number of ether oxygens (including phenoxy) is 1. The zero-order valence-corrected chi connectivity index (χ0v) is 40.0. The van der Waals surface area contributed by atoms with Crippen LogP contribution >= 0.6 is 22.7 Å². The number of esters is 1. The SMILES string of the molecule is COC(=O)C[C@@H]1N=C(c2ccc(-c3ccnc(C(=O)NC(C(=O)N4C[C@H](O)C[C@H]4C(=O)N[C@@H](C)c4ccc(-c5scnc5C)cc4)C(C)(C)C)c3)cc2)c2c(sc(C)c2C)-n2c(C)nnc21. The lowest BCUT2D eigenvalue weighted by Gasteiger charge is -2.35. The predicted molar refractivity (Wildman–Crippen MR) is 254 cm³/mol. The molecule has 1 unspecified atom stereocenters. The topological polar surface area (TPSA) is 194 Å². The van der Waals surface area contributed by atoms with Crippen LogP contribution in [0.25, 0.3) is 26.6 Å². The summed E-state index contributed by atoms with van der Waals surface area (Å²) in [6.07, 6.45) is 0.697. The highest BCUT2D eigenvalue weighted by molar-refractivity contribution is 7.15. The number of amides is 3. The van der Waals surface area contributed by atoms with E-state index in [0.29, 0.717) is 11.6 Å². The standard InChI is InChI=1S/C49H53N9O6S2/c1-25-28(4)66-48-40(25)41(53-36(22-39(60)64-9)44-56-55-29(5)58(44)48)32-14-12-31(13-15-32)34-18-19-50-37(20-34)45(61)54-43(49(6,7)8)47(63)57-23-35(59)21-38(57)46(62)52-26(2)30-10-16-33(17-11-30)42-27(3)51-24-65-42/h10-20,24,26,35-36,38,43,59H,21-23H2,1-9H3,(H,52,62)(H,54,61)/t26-,35+,36-,38-,43?/m0/s1. The van der Waals surface area contributed by atoms with Gasteiger partial charge in [-0.25, -0.2) is 4.98 Å². The van der Waals surface area contributed by atoms with Gasteiger partial charge in [0, 0.05) is 35.2 Å². The molecule has 0 radical (unpaired) electrons. The van der Waals surface area contributed by atoms with Crippen LogP contribution in [0.3, 0.4) is 0 Å². The lowest BCUT2D eigenvalue weighted by Crippen LogP contribution is -2.58. The van der Waals surface area contributed by atoms with Crippen LogP contribution in [-0.2, 0) is 19.1 Å². The van der Waals surface area contributed by atoms with Gasteiger partial charge in [0.2, 0.25) is 11.8 Å². The third kappa shape index (κ3) is 9.06. The molecule has 5 atom stereocenters. The van der Waals surface area contributed by atoms with Crippen molar-refractivity contribution in [2.24, 2.45) is 10.4 Å². The number of aliphatic imine (C=N–C) groups is 1. The van der Waals surface area contributed by atoms with Crippen molar-refractivity contribution in [1.82, 2.24) is 40.3 Å². The van der Waals surface area contributed by atoms with Gasteiger partial charge in [0.25, 0.3) is 5.91 Å². The van der Waals surface area contributed by atoms with Crippen molar-refractivity contribution < 1.29 is 29.0 Å². The number of nitrogens with zero attached hydrogens (tertiary/aromatic N) is 7. The van der Waals surface area contributed by atoms with Gasteiger partial charge in [-0.3, -0.25) is 33.7 Å². The van der Waals surface area contributed by atoms with Crippen LogP contribution in [0, 0.1) is 33.1 Å². The molecule has 2 aliphatic heterocycles. The summed E-state index contributed by atoms with van der Waals surface area (Å²) in [4.78, 5) is 72.4. The van der Waals surface area contributed by atoms with Crippen LogP contribution < -0.4 is 10.6 Å². The minimum atomic E-state index is -1.05. The molecule has 0 saturated carbocycles. The quantitative estimate of drug-likeness (QED) is 0.112. The number of nitrogens with one attached hydrogen (secondary N) is 2. The normalized spacial score (nSPS) is 17.8. The zero-order chi connectivity index (χ0) is 47.2. The van der Waals surface area contributed by atoms with Gasteiger partial charge in [-0.1, -0.05) is 69.3 Å². The number of β-amino-alcohol motifs (C(OH)–C–C–N with tert-alkyl or cyclic N) is 1. The highest BCUT2D eigenvalue weighted by atomic mass is 32.1. The Balaban J connectivity index is 0.994. The Morgan fingerprint density at radius 3 is 2.27 bits per heavy atom. The lowest BCUT2D eigenvalue weighted by molar-refractivity contribution is -0.142. The monoisotopic (exact) mass is 927 g/mol. The molecule has 66 heavy (non-hydrogen) atoms. The molecule has 15 nitrogen and oxygen atoms in total. The van der Waals surface area contributed by atoms with Crippen molar-refractivity contribution in [2.45, 2.75) is 98.5 Å². The van der Waals surface area contributed by atoms with Crippen LogP contribution in [0.4, 0.5) is 0 Å². The molecule has 2 aliphatic rings. The second kappa shape index (κ2) is 18.5. The van der Waals surface area contributed by atoms with Gasteiger partial charge >= 0.3 is 5.97 Å². The average Bonchev–Trinajstić information content (AvgIpc) is 4.07.